The maximum atomic E-state index is 12.1. The molecule has 0 aromatic heterocycles. The largest absolute Gasteiger partial charge is 0.484 e. The lowest BCUT2D eigenvalue weighted by atomic mass is 10.1. The summed E-state index contributed by atoms with van der Waals surface area (Å²) in [5.74, 6) is 0.534. The van der Waals surface area contributed by atoms with Crippen molar-refractivity contribution in [2.75, 3.05) is 19.7 Å². The highest BCUT2D eigenvalue weighted by Gasteiger charge is 2.31. The summed E-state index contributed by atoms with van der Waals surface area (Å²) in [5, 5.41) is 10.7. The van der Waals surface area contributed by atoms with Gasteiger partial charge in [-0.2, -0.15) is 0 Å². The van der Waals surface area contributed by atoms with Crippen molar-refractivity contribution in [2.45, 2.75) is 19.4 Å². The Labute approximate surface area is 135 Å². The molecule has 0 bridgehead atoms. The van der Waals surface area contributed by atoms with Crippen molar-refractivity contribution in [3.63, 3.8) is 0 Å². The van der Waals surface area contributed by atoms with Gasteiger partial charge in [0.1, 0.15) is 5.75 Å². The van der Waals surface area contributed by atoms with Crippen molar-refractivity contribution in [1.29, 1.82) is 0 Å². The number of nitrogens with zero attached hydrogens (tertiary/aromatic N) is 2. The number of non-ortho nitro benzene ring substituents is 1. The summed E-state index contributed by atoms with van der Waals surface area (Å²) in [5.41, 5.74) is 5.58. The predicted octanol–water partition coefficient (Wildman–Crippen LogP) is 1.59. The summed E-state index contributed by atoms with van der Waals surface area (Å²) in [7, 11) is 0. The molecule has 2 rings (SSSR count). The third-order valence-electron chi connectivity index (χ3n) is 3.71. The molecule has 1 fully saturated rings. The molecule has 2 N–H and O–H groups in total. The fourth-order valence-electron chi connectivity index (χ4n) is 2.58. The van der Waals surface area contributed by atoms with Gasteiger partial charge in [-0.15, -0.1) is 12.4 Å². The number of carbonyl (C=O) groups excluding carboxylic acids is 1. The topological polar surface area (TPSA) is 98.7 Å². The molecule has 1 aromatic rings. The highest BCUT2D eigenvalue weighted by atomic mass is 35.5. The monoisotopic (exact) mass is 329 g/mol. The number of benzene rings is 1. The highest BCUT2D eigenvalue weighted by Crippen LogP contribution is 2.23. The average Bonchev–Trinajstić information content (AvgIpc) is 2.86. The molecule has 0 aliphatic carbocycles. The molecule has 122 valence electrons. The van der Waals surface area contributed by atoms with E-state index in [4.69, 9.17) is 10.5 Å². The van der Waals surface area contributed by atoms with Crippen LogP contribution < -0.4 is 10.5 Å². The third-order valence-corrected chi connectivity index (χ3v) is 3.71. The molecule has 1 heterocycles. The van der Waals surface area contributed by atoms with Crippen LogP contribution in [0.25, 0.3) is 0 Å². The summed E-state index contributed by atoms with van der Waals surface area (Å²) in [6.45, 7) is 3.08. The van der Waals surface area contributed by atoms with Crippen molar-refractivity contribution in [2.24, 2.45) is 11.7 Å². The molecule has 0 radical (unpaired) electrons. The van der Waals surface area contributed by atoms with Gasteiger partial charge in [0.15, 0.2) is 6.61 Å². The third kappa shape index (κ3) is 4.32. The summed E-state index contributed by atoms with van der Waals surface area (Å²) >= 11 is 0. The predicted molar refractivity (Wildman–Crippen MR) is 84.2 cm³/mol. The van der Waals surface area contributed by atoms with E-state index in [0.717, 1.165) is 6.42 Å². The smallest absolute Gasteiger partial charge is 0.273 e. The number of carbonyl (C=O) groups is 1. The number of hydrogen-bond donors (Lipinski definition) is 1. The first-order chi connectivity index (χ1) is 10.0. The zero-order valence-corrected chi connectivity index (χ0v) is 13.1. The van der Waals surface area contributed by atoms with Crippen LogP contribution in [-0.2, 0) is 4.79 Å². The van der Waals surface area contributed by atoms with Crippen molar-refractivity contribution >= 4 is 24.0 Å². The lowest BCUT2D eigenvalue weighted by Gasteiger charge is -2.21. The fourth-order valence-corrected chi connectivity index (χ4v) is 2.58. The molecule has 1 aliphatic rings. The molecule has 7 nitrogen and oxygen atoms in total. The first kappa shape index (κ1) is 18.2. The van der Waals surface area contributed by atoms with Gasteiger partial charge in [0.2, 0.25) is 0 Å². The lowest BCUT2D eigenvalue weighted by molar-refractivity contribution is -0.384. The number of nitro groups is 1. The number of ether oxygens (including phenoxy) is 1. The van der Waals surface area contributed by atoms with Crippen molar-refractivity contribution in [1.82, 2.24) is 4.90 Å². The maximum Gasteiger partial charge on any atom is 0.273 e. The van der Waals surface area contributed by atoms with Gasteiger partial charge >= 0.3 is 0 Å². The van der Waals surface area contributed by atoms with Crippen LogP contribution in [0.2, 0.25) is 0 Å². The molecule has 8 heteroatoms. The molecule has 1 aliphatic heterocycles. The maximum absolute atomic E-state index is 12.1. The number of nitro benzene ring substituents is 1. The van der Waals surface area contributed by atoms with Crippen molar-refractivity contribution in [3.8, 4) is 5.75 Å². The zero-order valence-electron chi connectivity index (χ0n) is 12.3. The minimum atomic E-state index is -0.497. The Morgan fingerprint density at radius 3 is 2.86 bits per heavy atom. The Hall–Kier alpha value is -1.86. The van der Waals surface area contributed by atoms with Gasteiger partial charge < -0.3 is 15.4 Å². The molecular weight excluding hydrogens is 310 g/mol. The number of hydrogen-bond acceptors (Lipinski definition) is 5. The van der Waals surface area contributed by atoms with E-state index in [1.54, 1.807) is 11.0 Å². The minimum absolute atomic E-state index is 0. The fraction of sp³-hybridized carbons (Fsp3) is 0.500. The number of likely N-dealkylation sites (tertiary alicyclic amines) is 1. The summed E-state index contributed by atoms with van der Waals surface area (Å²) in [6, 6.07) is 5.96. The van der Waals surface area contributed by atoms with E-state index in [0.29, 0.717) is 24.8 Å². The molecule has 2 unspecified atom stereocenters. The normalized spacial score (nSPS) is 20.4. The molecular formula is C14H20ClN3O4. The average molecular weight is 330 g/mol. The number of nitrogens with two attached hydrogens (primary N) is 1. The van der Waals surface area contributed by atoms with Crippen LogP contribution in [0.1, 0.15) is 13.3 Å². The summed E-state index contributed by atoms with van der Waals surface area (Å²) in [6.07, 6.45) is 0.902. The number of amides is 1. The van der Waals surface area contributed by atoms with Gasteiger partial charge in [0, 0.05) is 18.7 Å². The highest BCUT2D eigenvalue weighted by molar-refractivity contribution is 5.85. The molecule has 1 amide bonds. The molecule has 0 spiro atoms. The molecule has 22 heavy (non-hydrogen) atoms. The van der Waals surface area contributed by atoms with Crippen molar-refractivity contribution < 1.29 is 14.5 Å². The first-order valence-electron chi connectivity index (χ1n) is 6.88. The Morgan fingerprint density at radius 1 is 1.55 bits per heavy atom. The summed E-state index contributed by atoms with van der Waals surface area (Å²) in [4.78, 5) is 24.1. The van der Waals surface area contributed by atoms with Gasteiger partial charge in [-0.05, 0) is 31.9 Å². The van der Waals surface area contributed by atoms with Crippen LogP contribution in [0.15, 0.2) is 24.3 Å². The number of rotatable bonds is 5. The standard InChI is InChI=1S/C14H19N3O4.ClH/c1-10-5-11(7-15)8-16(10)14(18)9-21-13-4-2-3-12(6-13)17(19)20;/h2-4,6,10-11H,5,7-9,15H2,1H3;1H. The second kappa shape index (κ2) is 7.95. The van der Waals surface area contributed by atoms with E-state index in [-0.39, 0.29) is 36.7 Å². The van der Waals surface area contributed by atoms with Crippen LogP contribution in [0.4, 0.5) is 5.69 Å². The van der Waals surface area contributed by atoms with E-state index < -0.39 is 4.92 Å². The van der Waals surface area contributed by atoms with Gasteiger partial charge in [0.25, 0.3) is 11.6 Å². The van der Waals surface area contributed by atoms with Crippen LogP contribution >= 0.6 is 12.4 Å². The SMILES string of the molecule is CC1CC(CN)CN1C(=O)COc1cccc([N+](=O)[O-])c1.Cl. The lowest BCUT2D eigenvalue weighted by Crippen LogP contribution is -2.37. The van der Waals surface area contributed by atoms with Crippen LogP contribution in [-0.4, -0.2) is 41.5 Å². The molecule has 1 saturated heterocycles. The van der Waals surface area contributed by atoms with E-state index in [1.165, 1.54) is 18.2 Å². The Kier molecular flexibility index (Phi) is 6.58. The minimum Gasteiger partial charge on any atom is -0.484 e. The number of halogens is 1. The van der Waals surface area contributed by atoms with Crippen LogP contribution in [0, 0.1) is 16.0 Å². The Morgan fingerprint density at radius 2 is 2.27 bits per heavy atom. The van der Waals surface area contributed by atoms with Gasteiger partial charge in [-0.1, -0.05) is 6.07 Å². The second-order valence-electron chi connectivity index (χ2n) is 5.28. The molecule has 0 saturated carbocycles. The first-order valence-corrected chi connectivity index (χ1v) is 6.88. The van der Waals surface area contributed by atoms with Crippen LogP contribution in [0.3, 0.4) is 0 Å². The van der Waals surface area contributed by atoms with E-state index in [2.05, 4.69) is 0 Å². The van der Waals surface area contributed by atoms with Crippen molar-refractivity contribution in [3.05, 3.63) is 34.4 Å². The Balaban J connectivity index is 0.00000242. The van der Waals surface area contributed by atoms with Crippen LogP contribution in [0.5, 0.6) is 5.75 Å². The van der Waals surface area contributed by atoms with Gasteiger partial charge in [-0.25, -0.2) is 0 Å². The molecule has 2 atom stereocenters. The summed E-state index contributed by atoms with van der Waals surface area (Å²) < 4.78 is 5.36. The van der Waals surface area contributed by atoms with Gasteiger partial charge in [-0.3, -0.25) is 14.9 Å². The van der Waals surface area contributed by atoms with Gasteiger partial charge in [0.05, 0.1) is 11.0 Å². The van der Waals surface area contributed by atoms with E-state index >= 15 is 0 Å². The van der Waals surface area contributed by atoms with E-state index in [9.17, 15) is 14.9 Å². The second-order valence-corrected chi connectivity index (χ2v) is 5.28. The zero-order chi connectivity index (χ0) is 15.4. The van der Waals surface area contributed by atoms with E-state index in [1.807, 2.05) is 6.92 Å². The molecule has 1 aromatic carbocycles. The quantitative estimate of drug-likeness (QED) is 0.653. The Bertz CT molecular complexity index is 541.